The van der Waals surface area contributed by atoms with E-state index in [-0.39, 0.29) is 5.91 Å². The van der Waals surface area contributed by atoms with Gasteiger partial charge in [0.05, 0.1) is 0 Å². The summed E-state index contributed by atoms with van der Waals surface area (Å²) in [6.07, 6.45) is 5.83. The van der Waals surface area contributed by atoms with E-state index in [9.17, 15) is 4.79 Å². The number of aromatic nitrogens is 3. The molecule has 1 aromatic carbocycles. The van der Waals surface area contributed by atoms with Gasteiger partial charge in [-0.05, 0) is 42.8 Å². The lowest BCUT2D eigenvalue weighted by molar-refractivity contribution is 0.102. The number of nitrogens with one attached hydrogen (secondary N) is 1. The van der Waals surface area contributed by atoms with Crippen LogP contribution in [0.15, 0.2) is 48.8 Å². The van der Waals surface area contributed by atoms with E-state index < -0.39 is 0 Å². The smallest absolute Gasteiger partial charge is 0.257 e. The van der Waals surface area contributed by atoms with E-state index >= 15 is 0 Å². The van der Waals surface area contributed by atoms with Crippen molar-refractivity contribution < 1.29 is 4.79 Å². The van der Waals surface area contributed by atoms with Crippen LogP contribution in [0.4, 0.5) is 5.13 Å². The third-order valence-corrected chi connectivity index (χ3v) is 4.08. The predicted octanol–water partition coefficient (Wildman–Crippen LogP) is 3.53. The van der Waals surface area contributed by atoms with Crippen LogP contribution in [0.3, 0.4) is 0 Å². The Labute approximate surface area is 132 Å². The van der Waals surface area contributed by atoms with Crippen LogP contribution in [0.5, 0.6) is 0 Å². The number of rotatable bonds is 5. The molecule has 0 atom stereocenters. The zero-order chi connectivity index (χ0) is 15.4. The number of amides is 1. The zero-order valence-electron chi connectivity index (χ0n) is 12.2. The Kier molecular flexibility index (Phi) is 4.29. The van der Waals surface area contributed by atoms with E-state index in [1.807, 2.05) is 41.2 Å². The fourth-order valence-electron chi connectivity index (χ4n) is 2.08. The Bertz CT molecular complexity index is 747. The minimum Gasteiger partial charge on any atom is -0.324 e. The number of nitrogens with zero attached hydrogens (tertiary/aromatic N) is 3. The van der Waals surface area contributed by atoms with Crippen LogP contribution in [-0.4, -0.2) is 20.7 Å². The summed E-state index contributed by atoms with van der Waals surface area (Å²) in [5.74, 6) is -0.168. The number of aryl methyl sites for hydroxylation is 1. The second-order valence-electron chi connectivity index (χ2n) is 4.84. The van der Waals surface area contributed by atoms with Crippen molar-refractivity contribution in [3.8, 4) is 5.69 Å². The van der Waals surface area contributed by atoms with Gasteiger partial charge in [0, 0.05) is 30.1 Å². The molecule has 1 amide bonds. The third-order valence-electron chi connectivity index (χ3n) is 3.18. The van der Waals surface area contributed by atoms with E-state index in [0.717, 1.165) is 23.5 Å². The topological polar surface area (TPSA) is 59.8 Å². The largest absolute Gasteiger partial charge is 0.324 e. The number of carbonyl (C=O) groups is 1. The second kappa shape index (κ2) is 6.53. The van der Waals surface area contributed by atoms with E-state index in [1.54, 1.807) is 12.1 Å². The van der Waals surface area contributed by atoms with Crippen molar-refractivity contribution in [3.05, 3.63) is 59.4 Å². The van der Waals surface area contributed by atoms with Gasteiger partial charge < -0.3 is 4.57 Å². The molecule has 22 heavy (non-hydrogen) atoms. The van der Waals surface area contributed by atoms with E-state index in [4.69, 9.17) is 0 Å². The maximum absolute atomic E-state index is 12.2. The summed E-state index contributed by atoms with van der Waals surface area (Å²) in [7, 11) is 0. The highest BCUT2D eigenvalue weighted by Crippen LogP contribution is 2.18. The molecule has 5 nitrogen and oxygen atoms in total. The van der Waals surface area contributed by atoms with Crippen LogP contribution < -0.4 is 5.32 Å². The average Bonchev–Trinajstić information content (AvgIpc) is 3.20. The molecular weight excluding hydrogens is 296 g/mol. The second-order valence-corrected chi connectivity index (χ2v) is 5.90. The predicted molar refractivity (Wildman–Crippen MR) is 87.6 cm³/mol. The number of anilines is 1. The molecule has 1 N–H and O–H groups in total. The van der Waals surface area contributed by atoms with Gasteiger partial charge in [0.25, 0.3) is 5.91 Å². The van der Waals surface area contributed by atoms with Gasteiger partial charge in [0.15, 0.2) is 0 Å². The van der Waals surface area contributed by atoms with Crippen molar-refractivity contribution in [1.82, 2.24) is 14.8 Å². The van der Waals surface area contributed by atoms with Crippen LogP contribution in [-0.2, 0) is 6.42 Å². The lowest BCUT2D eigenvalue weighted by Gasteiger charge is -2.05. The molecule has 6 heteroatoms. The maximum atomic E-state index is 12.2. The first-order valence-corrected chi connectivity index (χ1v) is 7.95. The molecular formula is C16H16N4OS. The van der Waals surface area contributed by atoms with Gasteiger partial charge in [0.2, 0.25) is 5.13 Å². The number of hydrogen-bond acceptors (Lipinski definition) is 4. The van der Waals surface area contributed by atoms with E-state index in [1.165, 1.54) is 11.3 Å². The molecule has 112 valence electrons. The Balaban J connectivity index is 1.69. The fourth-order valence-corrected chi connectivity index (χ4v) is 2.92. The SMILES string of the molecule is CCCc1nnc(NC(=O)c2ccc(-n3cccc3)cc2)s1. The summed E-state index contributed by atoms with van der Waals surface area (Å²) in [6, 6.07) is 11.4. The molecule has 2 heterocycles. The summed E-state index contributed by atoms with van der Waals surface area (Å²) < 4.78 is 1.99. The van der Waals surface area contributed by atoms with Gasteiger partial charge >= 0.3 is 0 Å². The van der Waals surface area contributed by atoms with Crippen molar-refractivity contribution in [2.24, 2.45) is 0 Å². The van der Waals surface area contributed by atoms with Crippen molar-refractivity contribution >= 4 is 22.4 Å². The Morgan fingerprint density at radius 2 is 1.91 bits per heavy atom. The zero-order valence-corrected chi connectivity index (χ0v) is 13.0. The fraction of sp³-hybridized carbons (Fsp3) is 0.188. The van der Waals surface area contributed by atoms with Gasteiger partial charge in [-0.3, -0.25) is 10.1 Å². The standard InChI is InChI=1S/C16H16N4OS/c1-2-5-14-18-19-16(22-14)17-15(21)12-6-8-13(9-7-12)20-10-3-4-11-20/h3-4,6-11H,2,5H2,1H3,(H,17,19,21). The molecule has 0 unspecified atom stereocenters. The summed E-state index contributed by atoms with van der Waals surface area (Å²) in [6.45, 7) is 2.09. The van der Waals surface area contributed by atoms with Gasteiger partial charge in [-0.15, -0.1) is 10.2 Å². The maximum Gasteiger partial charge on any atom is 0.257 e. The molecule has 3 aromatic rings. The minimum absolute atomic E-state index is 0.168. The third kappa shape index (κ3) is 3.23. The highest BCUT2D eigenvalue weighted by Gasteiger charge is 2.10. The summed E-state index contributed by atoms with van der Waals surface area (Å²) >= 11 is 1.42. The van der Waals surface area contributed by atoms with Crippen LogP contribution in [0, 0.1) is 0 Å². The molecule has 3 rings (SSSR count). The number of benzene rings is 1. The highest BCUT2D eigenvalue weighted by atomic mass is 32.1. The van der Waals surface area contributed by atoms with Crippen LogP contribution in [0.1, 0.15) is 28.7 Å². The van der Waals surface area contributed by atoms with Crippen LogP contribution >= 0.6 is 11.3 Å². The monoisotopic (exact) mass is 312 g/mol. The number of carbonyl (C=O) groups excluding carboxylic acids is 1. The van der Waals surface area contributed by atoms with E-state index in [2.05, 4.69) is 22.4 Å². The first-order valence-electron chi connectivity index (χ1n) is 7.13. The van der Waals surface area contributed by atoms with Crippen molar-refractivity contribution in [1.29, 1.82) is 0 Å². The molecule has 0 aliphatic carbocycles. The quantitative estimate of drug-likeness (QED) is 0.784. The number of hydrogen-bond donors (Lipinski definition) is 1. The molecule has 0 fully saturated rings. The van der Waals surface area contributed by atoms with Crippen molar-refractivity contribution in [3.63, 3.8) is 0 Å². The molecule has 0 saturated carbocycles. The molecule has 0 saturated heterocycles. The highest BCUT2D eigenvalue weighted by molar-refractivity contribution is 7.15. The molecule has 0 bridgehead atoms. The normalized spacial score (nSPS) is 10.6. The summed E-state index contributed by atoms with van der Waals surface area (Å²) in [4.78, 5) is 12.2. The molecule has 0 radical (unpaired) electrons. The van der Waals surface area contributed by atoms with Gasteiger partial charge in [-0.1, -0.05) is 18.3 Å². The Hall–Kier alpha value is -2.47. The van der Waals surface area contributed by atoms with E-state index in [0.29, 0.717) is 10.7 Å². The van der Waals surface area contributed by atoms with Gasteiger partial charge in [-0.2, -0.15) is 0 Å². The van der Waals surface area contributed by atoms with Gasteiger partial charge in [0.1, 0.15) is 5.01 Å². The minimum atomic E-state index is -0.168. The van der Waals surface area contributed by atoms with Gasteiger partial charge in [-0.25, -0.2) is 0 Å². The Morgan fingerprint density at radius 1 is 1.18 bits per heavy atom. The lowest BCUT2D eigenvalue weighted by Crippen LogP contribution is -2.11. The Morgan fingerprint density at radius 3 is 2.59 bits per heavy atom. The molecule has 0 aliphatic heterocycles. The first-order chi connectivity index (χ1) is 10.8. The molecule has 0 aliphatic rings. The summed E-state index contributed by atoms with van der Waals surface area (Å²) in [5.41, 5.74) is 1.62. The van der Waals surface area contributed by atoms with Crippen LogP contribution in [0.2, 0.25) is 0 Å². The summed E-state index contributed by atoms with van der Waals surface area (Å²) in [5, 5.41) is 12.3. The molecule has 2 aromatic heterocycles. The van der Waals surface area contributed by atoms with Crippen molar-refractivity contribution in [2.75, 3.05) is 5.32 Å². The molecule has 0 spiro atoms. The first kappa shape index (κ1) is 14.5. The van der Waals surface area contributed by atoms with Crippen LogP contribution in [0.25, 0.3) is 5.69 Å². The lowest BCUT2D eigenvalue weighted by atomic mass is 10.2. The average molecular weight is 312 g/mol. The van der Waals surface area contributed by atoms with Crippen molar-refractivity contribution in [2.45, 2.75) is 19.8 Å².